The van der Waals surface area contributed by atoms with Crippen LogP contribution < -0.4 is 14.8 Å². The molecule has 1 amide bonds. The van der Waals surface area contributed by atoms with Crippen molar-refractivity contribution in [2.75, 3.05) is 20.8 Å². The molecular formula is C27H36N4O3S. The van der Waals surface area contributed by atoms with Gasteiger partial charge in [-0.2, -0.15) is 5.10 Å². The number of hydrogen-bond donors (Lipinski definition) is 1. The zero-order valence-corrected chi connectivity index (χ0v) is 22.2. The number of benzene rings is 1. The highest BCUT2D eigenvalue weighted by molar-refractivity contribution is 7.13. The first-order valence-electron chi connectivity index (χ1n) is 12.3. The molecule has 0 spiro atoms. The van der Waals surface area contributed by atoms with Crippen LogP contribution in [0.25, 0.3) is 21.8 Å². The number of nitrogens with zero attached hydrogens (tertiary/aromatic N) is 3. The Morgan fingerprint density at radius 1 is 1.14 bits per heavy atom. The first-order valence-corrected chi connectivity index (χ1v) is 13.2. The number of carbonyl (C=O) groups excluding carboxylic acids is 1. The van der Waals surface area contributed by atoms with Gasteiger partial charge in [0.25, 0.3) is 0 Å². The molecule has 8 heteroatoms. The summed E-state index contributed by atoms with van der Waals surface area (Å²) in [5.41, 5.74) is 3.41. The molecule has 1 N–H and O–H groups in total. The maximum atomic E-state index is 12.6. The summed E-state index contributed by atoms with van der Waals surface area (Å²) < 4.78 is 13.0. The number of aromatic nitrogens is 3. The molecule has 1 saturated carbocycles. The zero-order valence-electron chi connectivity index (χ0n) is 21.4. The van der Waals surface area contributed by atoms with Gasteiger partial charge in [0.05, 0.1) is 49.3 Å². The van der Waals surface area contributed by atoms with Gasteiger partial charge in [-0.15, -0.1) is 11.3 Å². The van der Waals surface area contributed by atoms with Gasteiger partial charge in [-0.25, -0.2) is 4.98 Å². The standard InChI is InChI=1S/C27H36N4O3S/c1-27(2,3)31-25(19-11-12-22(33-4)23(13-19)34-5)21(16-29-31)26-30-20(17-35-26)14-24(32)28-15-18-9-7-6-8-10-18/h11-13,16-18H,6-10,14-15H2,1-5H3,(H,28,32). The molecule has 1 aliphatic carbocycles. The highest BCUT2D eigenvalue weighted by Crippen LogP contribution is 2.40. The number of hydrogen-bond acceptors (Lipinski definition) is 6. The number of amides is 1. The highest BCUT2D eigenvalue weighted by atomic mass is 32.1. The Morgan fingerprint density at radius 3 is 2.57 bits per heavy atom. The maximum Gasteiger partial charge on any atom is 0.226 e. The molecule has 0 bridgehead atoms. The Labute approximate surface area is 211 Å². The summed E-state index contributed by atoms with van der Waals surface area (Å²) in [6.45, 7) is 7.14. The number of nitrogens with one attached hydrogen (secondary N) is 1. The van der Waals surface area contributed by atoms with Gasteiger partial charge in [0, 0.05) is 17.5 Å². The lowest BCUT2D eigenvalue weighted by molar-refractivity contribution is -0.120. The average molecular weight is 497 g/mol. The van der Waals surface area contributed by atoms with Gasteiger partial charge in [-0.1, -0.05) is 19.3 Å². The van der Waals surface area contributed by atoms with Crippen molar-refractivity contribution in [3.63, 3.8) is 0 Å². The summed E-state index contributed by atoms with van der Waals surface area (Å²) in [5, 5.41) is 10.7. The van der Waals surface area contributed by atoms with Crippen molar-refractivity contribution in [2.45, 2.75) is 64.8 Å². The molecule has 188 valence electrons. The van der Waals surface area contributed by atoms with Crippen molar-refractivity contribution in [3.8, 4) is 33.3 Å². The fraction of sp³-hybridized carbons (Fsp3) is 0.519. The minimum Gasteiger partial charge on any atom is -0.493 e. The summed E-state index contributed by atoms with van der Waals surface area (Å²) in [6, 6.07) is 5.88. The summed E-state index contributed by atoms with van der Waals surface area (Å²) >= 11 is 1.54. The second-order valence-electron chi connectivity index (χ2n) is 10.2. The maximum absolute atomic E-state index is 12.6. The van der Waals surface area contributed by atoms with Crippen LogP contribution in [0.1, 0.15) is 58.6 Å². The first-order chi connectivity index (χ1) is 16.8. The van der Waals surface area contributed by atoms with Crippen molar-refractivity contribution in [1.82, 2.24) is 20.1 Å². The third kappa shape index (κ3) is 5.86. The van der Waals surface area contributed by atoms with E-state index in [9.17, 15) is 4.79 Å². The average Bonchev–Trinajstić information content (AvgIpc) is 3.50. The molecule has 2 aromatic heterocycles. The normalized spacial score (nSPS) is 14.7. The Bertz CT molecular complexity index is 1160. The summed E-state index contributed by atoms with van der Waals surface area (Å²) in [6.07, 6.45) is 8.48. The van der Waals surface area contributed by atoms with E-state index in [4.69, 9.17) is 19.6 Å². The van der Waals surface area contributed by atoms with Gasteiger partial charge in [-0.05, 0) is 57.7 Å². The Kier molecular flexibility index (Phi) is 7.79. The molecule has 1 aromatic carbocycles. The topological polar surface area (TPSA) is 78.3 Å². The molecule has 0 atom stereocenters. The molecule has 4 rings (SSSR count). The fourth-order valence-corrected chi connectivity index (χ4v) is 5.49. The molecule has 1 aliphatic rings. The van der Waals surface area contributed by atoms with Crippen molar-refractivity contribution < 1.29 is 14.3 Å². The lowest BCUT2D eigenvalue weighted by Crippen LogP contribution is -2.31. The third-order valence-electron chi connectivity index (χ3n) is 6.50. The lowest BCUT2D eigenvalue weighted by atomic mass is 9.89. The van der Waals surface area contributed by atoms with E-state index in [-0.39, 0.29) is 11.4 Å². The Morgan fingerprint density at radius 2 is 1.89 bits per heavy atom. The molecule has 0 aliphatic heterocycles. The van der Waals surface area contributed by atoms with Gasteiger partial charge < -0.3 is 14.8 Å². The molecule has 0 saturated heterocycles. The van der Waals surface area contributed by atoms with Crippen LogP contribution in [0, 0.1) is 5.92 Å². The van der Waals surface area contributed by atoms with Crippen molar-refractivity contribution in [3.05, 3.63) is 35.5 Å². The lowest BCUT2D eigenvalue weighted by Gasteiger charge is -2.23. The monoisotopic (exact) mass is 496 g/mol. The summed E-state index contributed by atoms with van der Waals surface area (Å²) in [7, 11) is 3.26. The van der Waals surface area contributed by atoms with E-state index in [0.717, 1.165) is 34.1 Å². The van der Waals surface area contributed by atoms with Gasteiger partial charge in [0.1, 0.15) is 5.01 Å². The number of ether oxygens (including phenoxy) is 2. The van der Waals surface area contributed by atoms with Gasteiger partial charge in [-0.3, -0.25) is 9.48 Å². The SMILES string of the molecule is COc1ccc(-c2c(-c3nc(CC(=O)NCC4CCCCC4)cs3)cnn2C(C)(C)C)cc1OC. The highest BCUT2D eigenvalue weighted by Gasteiger charge is 2.25. The quantitative estimate of drug-likeness (QED) is 0.434. The van der Waals surface area contributed by atoms with E-state index in [2.05, 4.69) is 26.1 Å². The van der Waals surface area contributed by atoms with Crippen LogP contribution in [-0.4, -0.2) is 41.4 Å². The van der Waals surface area contributed by atoms with E-state index < -0.39 is 0 Å². The van der Waals surface area contributed by atoms with E-state index in [1.165, 1.54) is 32.1 Å². The molecular weight excluding hydrogens is 460 g/mol. The summed E-state index contributed by atoms with van der Waals surface area (Å²) in [5.74, 6) is 1.99. The molecule has 2 heterocycles. The van der Waals surface area contributed by atoms with Crippen LogP contribution >= 0.6 is 11.3 Å². The predicted molar refractivity (Wildman–Crippen MR) is 140 cm³/mol. The number of thiazole rings is 1. The van der Waals surface area contributed by atoms with Gasteiger partial charge in [0.15, 0.2) is 11.5 Å². The number of carbonyl (C=O) groups is 1. The van der Waals surface area contributed by atoms with E-state index in [1.54, 1.807) is 25.6 Å². The van der Waals surface area contributed by atoms with Crippen LogP contribution in [-0.2, 0) is 16.8 Å². The zero-order chi connectivity index (χ0) is 25.0. The molecule has 1 fully saturated rings. The van der Waals surface area contributed by atoms with Crippen molar-refractivity contribution in [1.29, 1.82) is 0 Å². The largest absolute Gasteiger partial charge is 0.493 e. The molecule has 0 unspecified atom stereocenters. The Balaban J connectivity index is 1.58. The predicted octanol–water partition coefficient (Wildman–Crippen LogP) is 5.68. The van der Waals surface area contributed by atoms with Crippen LogP contribution in [0.5, 0.6) is 11.5 Å². The molecule has 3 aromatic rings. The smallest absolute Gasteiger partial charge is 0.226 e. The minimum atomic E-state index is -0.236. The van der Waals surface area contributed by atoms with Gasteiger partial charge in [0.2, 0.25) is 5.91 Å². The second-order valence-corrected chi connectivity index (χ2v) is 11.0. The van der Waals surface area contributed by atoms with Crippen LogP contribution in [0.4, 0.5) is 0 Å². The van der Waals surface area contributed by atoms with Gasteiger partial charge >= 0.3 is 0 Å². The van der Waals surface area contributed by atoms with E-state index in [0.29, 0.717) is 23.8 Å². The van der Waals surface area contributed by atoms with Crippen molar-refractivity contribution in [2.24, 2.45) is 5.92 Å². The molecule has 0 radical (unpaired) electrons. The van der Waals surface area contributed by atoms with E-state index in [1.807, 2.05) is 34.5 Å². The number of methoxy groups -OCH3 is 2. The first kappa shape index (κ1) is 25.2. The molecule has 35 heavy (non-hydrogen) atoms. The van der Waals surface area contributed by atoms with Crippen LogP contribution in [0.3, 0.4) is 0 Å². The minimum absolute atomic E-state index is 0.0397. The summed E-state index contributed by atoms with van der Waals surface area (Å²) in [4.78, 5) is 17.4. The third-order valence-corrected chi connectivity index (χ3v) is 7.42. The Hall–Kier alpha value is -2.87. The van der Waals surface area contributed by atoms with Crippen molar-refractivity contribution >= 4 is 17.2 Å². The number of rotatable bonds is 8. The van der Waals surface area contributed by atoms with E-state index >= 15 is 0 Å². The van der Waals surface area contributed by atoms with Crippen LogP contribution in [0.2, 0.25) is 0 Å². The fourth-order valence-electron chi connectivity index (χ4n) is 4.66. The van der Waals surface area contributed by atoms with Crippen LogP contribution in [0.15, 0.2) is 29.8 Å². The second kappa shape index (κ2) is 10.8. The molecule has 7 nitrogen and oxygen atoms in total.